The van der Waals surface area contributed by atoms with Crippen LogP contribution < -0.4 is 0 Å². The largest absolute Gasteiger partial charge is 0.419 e. The van der Waals surface area contributed by atoms with Gasteiger partial charge in [-0.2, -0.15) is 0 Å². The molecule has 1 aromatic carbocycles. The van der Waals surface area contributed by atoms with Crippen molar-refractivity contribution in [3.05, 3.63) is 35.7 Å². The van der Waals surface area contributed by atoms with Crippen LogP contribution >= 0.6 is 0 Å². The Kier molecular flexibility index (Phi) is 5.44. The van der Waals surface area contributed by atoms with Gasteiger partial charge in [-0.1, -0.05) is 17.7 Å². The molecule has 0 amide bonds. The quantitative estimate of drug-likeness (QED) is 0.833. The Morgan fingerprint density at radius 3 is 2.90 bits per heavy atom. The molecular formula is C15H21N3O3. The summed E-state index contributed by atoms with van der Waals surface area (Å²) in [5.74, 6) is 1.04. The van der Waals surface area contributed by atoms with Crippen molar-refractivity contribution in [3.8, 4) is 11.5 Å². The molecule has 6 nitrogen and oxygen atoms in total. The number of nitrogens with zero attached hydrogens (tertiary/aromatic N) is 3. The highest BCUT2D eigenvalue weighted by Crippen LogP contribution is 2.19. The van der Waals surface area contributed by atoms with Gasteiger partial charge in [0, 0.05) is 19.2 Å². The van der Waals surface area contributed by atoms with Gasteiger partial charge < -0.3 is 14.3 Å². The summed E-state index contributed by atoms with van der Waals surface area (Å²) in [5, 5.41) is 17.8. The molecule has 2 aromatic rings. The van der Waals surface area contributed by atoms with Gasteiger partial charge in [-0.05, 0) is 26.1 Å². The first kappa shape index (κ1) is 15.6. The van der Waals surface area contributed by atoms with E-state index < -0.39 is 6.10 Å². The zero-order valence-electron chi connectivity index (χ0n) is 12.6. The molecule has 1 unspecified atom stereocenters. The molecule has 21 heavy (non-hydrogen) atoms. The number of rotatable bonds is 7. The number of aryl methyl sites for hydroxylation is 1. The summed E-state index contributed by atoms with van der Waals surface area (Å²) in [5.41, 5.74) is 2.06. The monoisotopic (exact) mass is 291 g/mol. The summed E-state index contributed by atoms with van der Waals surface area (Å²) in [6, 6.07) is 7.92. The van der Waals surface area contributed by atoms with Gasteiger partial charge in [0.15, 0.2) is 0 Å². The van der Waals surface area contributed by atoms with Gasteiger partial charge in [0.25, 0.3) is 0 Å². The fourth-order valence-corrected chi connectivity index (χ4v) is 2.11. The first-order valence-corrected chi connectivity index (χ1v) is 6.83. The van der Waals surface area contributed by atoms with Gasteiger partial charge in [-0.3, -0.25) is 4.90 Å². The second kappa shape index (κ2) is 7.31. The standard InChI is InChI=1S/C15H21N3O3/c1-11-5-4-6-12(7-11)15-17-16-14(21-15)9-18(2)8-13(19)10-20-3/h4-7,13,19H,8-10H2,1-3H3. The van der Waals surface area contributed by atoms with Crippen molar-refractivity contribution >= 4 is 0 Å². The van der Waals surface area contributed by atoms with E-state index in [2.05, 4.69) is 10.2 Å². The third-order valence-electron chi connectivity index (χ3n) is 3.02. The van der Waals surface area contributed by atoms with Crippen molar-refractivity contribution < 1.29 is 14.3 Å². The third kappa shape index (κ3) is 4.63. The van der Waals surface area contributed by atoms with Gasteiger partial charge in [0.1, 0.15) is 0 Å². The number of aromatic nitrogens is 2. The SMILES string of the molecule is COCC(O)CN(C)Cc1nnc(-c2cccc(C)c2)o1. The molecule has 0 radical (unpaired) electrons. The van der Waals surface area contributed by atoms with Crippen LogP contribution in [0.3, 0.4) is 0 Å². The van der Waals surface area contributed by atoms with Crippen molar-refractivity contribution in [3.63, 3.8) is 0 Å². The van der Waals surface area contributed by atoms with E-state index >= 15 is 0 Å². The van der Waals surface area contributed by atoms with Crippen LogP contribution in [0.4, 0.5) is 0 Å². The van der Waals surface area contributed by atoms with Crippen LogP contribution in [0.1, 0.15) is 11.5 Å². The lowest BCUT2D eigenvalue weighted by Crippen LogP contribution is -2.31. The molecule has 1 atom stereocenters. The van der Waals surface area contributed by atoms with E-state index in [9.17, 15) is 5.11 Å². The summed E-state index contributed by atoms with van der Waals surface area (Å²) in [6.45, 7) is 3.30. The number of methoxy groups -OCH3 is 1. The minimum Gasteiger partial charge on any atom is -0.419 e. The molecule has 0 saturated carbocycles. The zero-order chi connectivity index (χ0) is 15.2. The number of likely N-dealkylation sites (N-methyl/N-ethyl adjacent to an activating group) is 1. The average Bonchev–Trinajstić information content (AvgIpc) is 2.87. The van der Waals surface area contributed by atoms with Gasteiger partial charge in [0.2, 0.25) is 11.8 Å². The lowest BCUT2D eigenvalue weighted by molar-refractivity contribution is 0.0404. The summed E-state index contributed by atoms with van der Waals surface area (Å²) in [6.07, 6.45) is -0.529. The summed E-state index contributed by atoms with van der Waals surface area (Å²) >= 11 is 0. The predicted octanol–water partition coefficient (Wildman–Crippen LogP) is 1.48. The summed E-state index contributed by atoms with van der Waals surface area (Å²) in [4.78, 5) is 1.91. The summed E-state index contributed by atoms with van der Waals surface area (Å²) < 4.78 is 10.6. The van der Waals surface area contributed by atoms with E-state index in [0.29, 0.717) is 31.5 Å². The predicted molar refractivity (Wildman–Crippen MR) is 78.7 cm³/mol. The molecule has 0 saturated heterocycles. The van der Waals surface area contributed by atoms with Crippen LogP contribution in [0.2, 0.25) is 0 Å². The van der Waals surface area contributed by atoms with E-state index in [1.54, 1.807) is 7.11 Å². The first-order chi connectivity index (χ1) is 10.1. The molecule has 0 bridgehead atoms. The molecular weight excluding hydrogens is 270 g/mol. The molecule has 0 aliphatic rings. The van der Waals surface area contributed by atoms with E-state index in [1.165, 1.54) is 0 Å². The fraction of sp³-hybridized carbons (Fsp3) is 0.467. The van der Waals surface area contributed by atoms with Crippen LogP contribution in [-0.2, 0) is 11.3 Å². The molecule has 1 N–H and O–H groups in total. The van der Waals surface area contributed by atoms with E-state index in [1.807, 2.05) is 43.1 Å². The number of aliphatic hydroxyl groups is 1. The topological polar surface area (TPSA) is 71.6 Å². The van der Waals surface area contributed by atoms with Crippen LogP contribution in [0.5, 0.6) is 0 Å². The number of hydrogen-bond donors (Lipinski definition) is 1. The molecule has 6 heteroatoms. The van der Waals surface area contributed by atoms with Crippen LogP contribution in [0, 0.1) is 6.92 Å². The maximum atomic E-state index is 9.68. The number of benzene rings is 1. The van der Waals surface area contributed by atoms with Crippen LogP contribution in [-0.4, -0.2) is 53.6 Å². The maximum absolute atomic E-state index is 9.68. The Bertz CT molecular complexity index is 571. The molecule has 2 rings (SSSR count). The molecule has 0 spiro atoms. The second-order valence-electron chi connectivity index (χ2n) is 5.18. The lowest BCUT2D eigenvalue weighted by Gasteiger charge is -2.18. The highest BCUT2D eigenvalue weighted by Gasteiger charge is 2.13. The number of hydrogen-bond acceptors (Lipinski definition) is 6. The first-order valence-electron chi connectivity index (χ1n) is 6.83. The number of aliphatic hydroxyl groups excluding tert-OH is 1. The molecule has 1 heterocycles. The highest BCUT2D eigenvalue weighted by atomic mass is 16.5. The number of ether oxygens (including phenoxy) is 1. The molecule has 0 fully saturated rings. The van der Waals surface area contributed by atoms with E-state index in [4.69, 9.17) is 9.15 Å². The van der Waals surface area contributed by atoms with Crippen LogP contribution in [0.15, 0.2) is 28.7 Å². The molecule has 0 aliphatic carbocycles. The van der Waals surface area contributed by atoms with Gasteiger partial charge >= 0.3 is 0 Å². The normalized spacial score (nSPS) is 12.8. The smallest absolute Gasteiger partial charge is 0.247 e. The minimum atomic E-state index is -0.529. The Hall–Kier alpha value is -1.76. The van der Waals surface area contributed by atoms with Gasteiger partial charge in [-0.15, -0.1) is 10.2 Å². The molecule has 0 aliphatic heterocycles. The van der Waals surface area contributed by atoms with E-state index in [-0.39, 0.29) is 0 Å². The van der Waals surface area contributed by atoms with Crippen LogP contribution in [0.25, 0.3) is 11.5 Å². The van der Waals surface area contributed by atoms with Crippen molar-refractivity contribution in [1.29, 1.82) is 0 Å². The third-order valence-corrected chi connectivity index (χ3v) is 3.02. The Balaban J connectivity index is 1.97. The Morgan fingerprint density at radius 1 is 1.38 bits per heavy atom. The van der Waals surface area contributed by atoms with Crippen molar-refractivity contribution in [2.45, 2.75) is 19.6 Å². The van der Waals surface area contributed by atoms with Gasteiger partial charge in [-0.25, -0.2) is 0 Å². The minimum absolute atomic E-state index is 0.308. The average molecular weight is 291 g/mol. The van der Waals surface area contributed by atoms with Gasteiger partial charge in [0.05, 0.1) is 19.3 Å². The second-order valence-corrected chi connectivity index (χ2v) is 5.18. The summed E-state index contributed by atoms with van der Waals surface area (Å²) in [7, 11) is 3.45. The van der Waals surface area contributed by atoms with Crippen molar-refractivity contribution in [2.24, 2.45) is 0 Å². The van der Waals surface area contributed by atoms with E-state index in [0.717, 1.165) is 11.1 Å². The Morgan fingerprint density at radius 2 is 2.19 bits per heavy atom. The maximum Gasteiger partial charge on any atom is 0.247 e. The highest BCUT2D eigenvalue weighted by molar-refractivity contribution is 5.53. The van der Waals surface area contributed by atoms with Crippen molar-refractivity contribution in [2.75, 3.05) is 27.3 Å². The van der Waals surface area contributed by atoms with Crippen molar-refractivity contribution in [1.82, 2.24) is 15.1 Å². The Labute approximate surface area is 124 Å². The molecule has 1 aromatic heterocycles. The molecule has 114 valence electrons. The lowest BCUT2D eigenvalue weighted by atomic mass is 10.1. The fourth-order valence-electron chi connectivity index (χ4n) is 2.11. The zero-order valence-corrected chi connectivity index (χ0v) is 12.6.